The topological polar surface area (TPSA) is 12.5 Å². The largest absolute Gasteiger partial charge is 0.457 e. The number of fused-ring (bicyclic) bond motifs is 8. The fraction of sp³-hybridized carbons (Fsp3) is 0.0400. The average Bonchev–Trinajstić information content (AvgIpc) is 4.03. The molecule has 12 aromatic carbocycles. The lowest BCUT2D eigenvalue weighted by Gasteiger charge is -2.42. The predicted molar refractivity (Wildman–Crippen MR) is 314 cm³/mol. The predicted octanol–water partition coefficient (Wildman–Crippen LogP) is 18.4. The van der Waals surface area contributed by atoms with Crippen LogP contribution in [0.15, 0.2) is 309 Å². The van der Waals surface area contributed by atoms with E-state index in [0.29, 0.717) is 0 Å². The van der Waals surface area contributed by atoms with Crippen molar-refractivity contribution in [2.24, 2.45) is 0 Å². The van der Waals surface area contributed by atoms with E-state index in [1.165, 1.54) is 72.3 Å². The second-order valence-corrected chi connectivity index (χ2v) is 20.5. The maximum Gasteiger partial charge on any atom is 0.132 e. The van der Waals surface area contributed by atoms with Crippen LogP contribution in [0.25, 0.3) is 22.3 Å². The first-order valence-corrected chi connectivity index (χ1v) is 26.8. The summed E-state index contributed by atoms with van der Waals surface area (Å²) in [4.78, 5) is 2.60. The molecule has 2 nitrogen and oxygen atoms in total. The van der Waals surface area contributed by atoms with Crippen molar-refractivity contribution in [1.29, 1.82) is 0 Å². The van der Waals surface area contributed by atoms with Crippen molar-refractivity contribution in [3.05, 3.63) is 376 Å². The second-order valence-electron chi connectivity index (χ2n) is 20.5. The fourth-order valence-electron chi connectivity index (χ4n) is 14.1. The van der Waals surface area contributed by atoms with Crippen LogP contribution in [0.5, 0.6) is 11.5 Å². The highest BCUT2D eigenvalue weighted by Crippen LogP contribution is 2.63. The molecule has 0 N–H and O–H groups in total. The van der Waals surface area contributed by atoms with Gasteiger partial charge in [-0.1, -0.05) is 273 Å². The number of hydrogen-bond acceptors (Lipinski definition) is 2. The molecule has 2 heteroatoms. The smallest absolute Gasteiger partial charge is 0.132 e. The summed E-state index contributed by atoms with van der Waals surface area (Å²) in [5.74, 6) is 1.70. The third-order valence-electron chi connectivity index (χ3n) is 17.0. The highest BCUT2D eigenvalue weighted by molar-refractivity contribution is 5.99. The van der Waals surface area contributed by atoms with Crippen LogP contribution in [0.4, 0.5) is 17.1 Å². The van der Waals surface area contributed by atoms with Crippen molar-refractivity contribution in [3.63, 3.8) is 0 Å². The van der Waals surface area contributed by atoms with E-state index in [0.717, 1.165) is 45.3 Å². The van der Waals surface area contributed by atoms with E-state index in [2.05, 4.69) is 314 Å². The zero-order valence-electron chi connectivity index (χ0n) is 42.3. The van der Waals surface area contributed by atoms with Gasteiger partial charge >= 0.3 is 0 Å². The summed E-state index contributed by atoms with van der Waals surface area (Å²) in [6, 6.07) is 115. The molecule has 362 valence electrons. The number of para-hydroxylation sites is 3. The standard InChI is InChI=1S/C75H51NO/c1-5-27-52(28-6-1)73(53-29-7-2-8-30-53)63-42-18-15-39-60(63)72-67(73)46-26-48-69(72)76(68-47-22-19-43-64(68)75(55-33-11-4-12-34-55)61-40-16-13-37-58(61)59-38-14-17-41-62(59)75)57-36-25-35-56(51-57)74(54-31-9-3-10-32-54)65-44-20-23-49-70(65)77-71-50-24-21-45-66(71)74/h1-51H. The molecule has 0 amide bonds. The minimum Gasteiger partial charge on any atom is -0.457 e. The van der Waals surface area contributed by atoms with Gasteiger partial charge in [-0.3, -0.25) is 0 Å². The van der Waals surface area contributed by atoms with Crippen molar-refractivity contribution in [2.75, 3.05) is 4.90 Å². The van der Waals surface area contributed by atoms with E-state index < -0.39 is 16.2 Å². The van der Waals surface area contributed by atoms with Crippen LogP contribution in [0.1, 0.15) is 66.8 Å². The zero-order chi connectivity index (χ0) is 51.0. The average molecular weight is 982 g/mol. The zero-order valence-corrected chi connectivity index (χ0v) is 42.3. The van der Waals surface area contributed by atoms with E-state index in [1.807, 2.05) is 0 Å². The number of benzene rings is 12. The van der Waals surface area contributed by atoms with Crippen LogP contribution in [-0.2, 0) is 16.2 Å². The van der Waals surface area contributed by atoms with E-state index in [-0.39, 0.29) is 0 Å². The van der Waals surface area contributed by atoms with Gasteiger partial charge in [0.1, 0.15) is 11.5 Å². The summed E-state index contributed by atoms with van der Waals surface area (Å²) in [6.45, 7) is 0. The van der Waals surface area contributed by atoms with E-state index in [9.17, 15) is 0 Å². The van der Waals surface area contributed by atoms with Crippen LogP contribution in [0.3, 0.4) is 0 Å². The van der Waals surface area contributed by atoms with Gasteiger partial charge in [0.25, 0.3) is 0 Å². The number of hydrogen-bond donors (Lipinski definition) is 0. The molecule has 0 spiro atoms. The Hall–Kier alpha value is -9.76. The minimum atomic E-state index is -0.747. The van der Waals surface area contributed by atoms with Crippen LogP contribution in [0.2, 0.25) is 0 Å². The summed E-state index contributed by atoms with van der Waals surface area (Å²) < 4.78 is 6.84. The second kappa shape index (κ2) is 17.7. The van der Waals surface area contributed by atoms with E-state index >= 15 is 0 Å². The molecule has 1 aliphatic heterocycles. The molecule has 12 aromatic rings. The molecule has 0 bridgehead atoms. The maximum absolute atomic E-state index is 6.84. The molecule has 77 heavy (non-hydrogen) atoms. The molecule has 0 unspecified atom stereocenters. The summed E-state index contributed by atoms with van der Waals surface area (Å²) in [7, 11) is 0. The van der Waals surface area contributed by atoms with Crippen LogP contribution < -0.4 is 9.64 Å². The fourth-order valence-corrected chi connectivity index (χ4v) is 14.1. The van der Waals surface area contributed by atoms with Crippen LogP contribution in [0, 0.1) is 0 Å². The third-order valence-corrected chi connectivity index (χ3v) is 17.0. The Morgan fingerprint density at radius 1 is 0.234 bits per heavy atom. The monoisotopic (exact) mass is 981 g/mol. The molecule has 0 radical (unpaired) electrons. The molecule has 0 aromatic heterocycles. The van der Waals surface area contributed by atoms with Gasteiger partial charge in [-0.15, -0.1) is 0 Å². The van der Waals surface area contributed by atoms with Crippen molar-refractivity contribution < 1.29 is 4.74 Å². The normalized spacial score (nSPS) is 14.4. The first kappa shape index (κ1) is 44.7. The molecular formula is C75H51NO. The van der Waals surface area contributed by atoms with Crippen LogP contribution in [-0.4, -0.2) is 0 Å². The molecule has 15 rings (SSSR count). The van der Waals surface area contributed by atoms with E-state index in [4.69, 9.17) is 4.74 Å². The molecule has 0 saturated carbocycles. The van der Waals surface area contributed by atoms with E-state index in [1.54, 1.807) is 0 Å². The molecule has 2 aliphatic carbocycles. The Morgan fingerprint density at radius 3 is 1.12 bits per heavy atom. The van der Waals surface area contributed by atoms with Crippen molar-refractivity contribution >= 4 is 17.1 Å². The molecule has 3 aliphatic rings. The van der Waals surface area contributed by atoms with Gasteiger partial charge in [-0.2, -0.15) is 0 Å². The molecule has 0 saturated heterocycles. The number of nitrogens with zero attached hydrogens (tertiary/aromatic N) is 1. The van der Waals surface area contributed by atoms with Gasteiger partial charge < -0.3 is 9.64 Å². The Kier molecular flexibility index (Phi) is 10.3. The minimum absolute atomic E-state index is 0.612. The van der Waals surface area contributed by atoms with Gasteiger partial charge in [0, 0.05) is 22.4 Å². The Morgan fingerprint density at radius 2 is 0.584 bits per heavy atom. The Bertz CT molecular complexity index is 4070. The van der Waals surface area contributed by atoms with Crippen LogP contribution >= 0.6 is 0 Å². The highest BCUT2D eigenvalue weighted by atomic mass is 16.5. The number of anilines is 3. The van der Waals surface area contributed by atoms with Crippen molar-refractivity contribution in [2.45, 2.75) is 16.2 Å². The lowest BCUT2D eigenvalue weighted by atomic mass is 9.63. The van der Waals surface area contributed by atoms with Gasteiger partial charge in [-0.05, 0) is 109 Å². The number of ether oxygens (including phenoxy) is 1. The quantitative estimate of drug-likeness (QED) is 0.143. The first-order valence-electron chi connectivity index (χ1n) is 26.8. The van der Waals surface area contributed by atoms with Gasteiger partial charge in [0.15, 0.2) is 0 Å². The van der Waals surface area contributed by atoms with Gasteiger partial charge in [0.05, 0.1) is 27.6 Å². The molecule has 1 heterocycles. The third kappa shape index (κ3) is 6.30. The molecule has 0 atom stereocenters. The summed E-state index contributed by atoms with van der Waals surface area (Å²) >= 11 is 0. The summed E-state index contributed by atoms with van der Waals surface area (Å²) in [6.07, 6.45) is 0. The summed E-state index contributed by atoms with van der Waals surface area (Å²) in [5, 5.41) is 0. The molecular weight excluding hydrogens is 931 g/mol. The lowest BCUT2D eigenvalue weighted by molar-refractivity contribution is 0.434. The van der Waals surface area contributed by atoms with Gasteiger partial charge in [0.2, 0.25) is 0 Å². The maximum atomic E-state index is 6.84. The Balaban J connectivity index is 1.08. The highest BCUT2D eigenvalue weighted by Gasteiger charge is 2.51. The van der Waals surface area contributed by atoms with Crippen molar-refractivity contribution in [3.8, 4) is 33.8 Å². The summed E-state index contributed by atoms with van der Waals surface area (Å²) in [5.41, 5.74) is 20.5. The van der Waals surface area contributed by atoms with Crippen molar-refractivity contribution in [1.82, 2.24) is 0 Å². The first-order chi connectivity index (χ1) is 38.2. The Labute approximate surface area is 450 Å². The van der Waals surface area contributed by atoms with Gasteiger partial charge in [-0.25, -0.2) is 0 Å². The SMILES string of the molecule is c1ccc(C2(c3cccc(N(c4ccccc4C4(c5ccccc5)c5ccccc5-c5ccccc54)c4cccc5c4-c4ccccc4C5(c4ccccc4)c4ccccc4)c3)c3ccccc3Oc3ccccc32)cc1. The number of rotatable bonds is 9. The lowest BCUT2D eigenvalue weighted by Crippen LogP contribution is -2.34. The molecule has 0 fully saturated rings.